The van der Waals surface area contributed by atoms with E-state index < -0.39 is 0 Å². The van der Waals surface area contributed by atoms with Crippen molar-refractivity contribution >= 4 is 29.0 Å². The summed E-state index contributed by atoms with van der Waals surface area (Å²) in [6, 6.07) is 6.30. The van der Waals surface area contributed by atoms with Gasteiger partial charge in [0, 0.05) is 33.6 Å². The number of amides is 1. The molecule has 0 aliphatic heterocycles. The summed E-state index contributed by atoms with van der Waals surface area (Å²) in [5, 5.41) is 3.69. The Kier molecular flexibility index (Phi) is 5.97. The first-order chi connectivity index (χ1) is 10.4. The lowest BCUT2D eigenvalue weighted by molar-refractivity contribution is -0.119. The van der Waals surface area contributed by atoms with Gasteiger partial charge in [-0.15, -0.1) is 11.3 Å². The van der Waals surface area contributed by atoms with Crippen LogP contribution in [0.2, 0.25) is 0 Å². The summed E-state index contributed by atoms with van der Waals surface area (Å²) < 4.78 is 0. The van der Waals surface area contributed by atoms with Crippen molar-refractivity contribution in [2.24, 2.45) is 0 Å². The van der Waals surface area contributed by atoms with Gasteiger partial charge in [0.2, 0.25) is 5.91 Å². The molecule has 0 aromatic carbocycles. The van der Waals surface area contributed by atoms with Crippen LogP contribution in [0.15, 0.2) is 23.4 Å². The maximum atomic E-state index is 12.0. The van der Waals surface area contributed by atoms with Gasteiger partial charge in [0.1, 0.15) is 0 Å². The van der Waals surface area contributed by atoms with Crippen molar-refractivity contribution in [3.63, 3.8) is 0 Å². The van der Waals surface area contributed by atoms with Crippen molar-refractivity contribution < 1.29 is 4.79 Å². The first-order valence-corrected chi connectivity index (χ1v) is 9.02. The van der Waals surface area contributed by atoms with Crippen LogP contribution in [0.25, 0.3) is 0 Å². The molecule has 2 aromatic heterocycles. The van der Waals surface area contributed by atoms with Gasteiger partial charge in [-0.3, -0.25) is 4.79 Å². The molecule has 1 N–H and O–H groups in total. The molecule has 6 heteroatoms. The van der Waals surface area contributed by atoms with E-state index in [1.54, 1.807) is 11.3 Å². The molecule has 2 aromatic rings. The number of aromatic nitrogens is 2. The maximum absolute atomic E-state index is 12.0. The molecule has 1 amide bonds. The lowest BCUT2D eigenvalue weighted by Gasteiger charge is -2.12. The highest BCUT2D eigenvalue weighted by molar-refractivity contribution is 7.99. The number of thioether (sulfide) groups is 1. The van der Waals surface area contributed by atoms with Gasteiger partial charge in [-0.2, -0.15) is 0 Å². The van der Waals surface area contributed by atoms with E-state index in [4.69, 9.17) is 0 Å². The minimum absolute atomic E-state index is 0.0218. The fourth-order valence-corrected chi connectivity index (χ4v) is 3.93. The van der Waals surface area contributed by atoms with E-state index in [0.717, 1.165) is 17.8 Å². The molecule has 1 atom stereocenters. The van der Waals surface area contributed by atoms with Gasteiger partial charge in [0.05, 0.1) is 5.75 Å². The molecule has 2 heterocycles. The number of carbonyl (C=O) groups is 1. The van der Waals surface area contributed by atoms with Crippen molar-refractivity contribution in [1.29, 1.82) is 0 Å². The molecule has 22 heavy (non-hydrogen) atoms. The van der Waals surface area contributed by atoms with Crippen LogP contribution in [0, 0.1) is 20.8 Å². The third kappa shape index (κ3) is 5.42. The minimum atomic E-state index is 0.0218. The smallest absolute Gasteiger partial charge is 0.230 e. The number of aryl methyl sites for hydroxylation is 3. The number of nitrogens with one attached hydrogen (secondary N) is 1. The van der Waals surface area contributed by atoms with E-state index in [1.165, 1.54) is 21.5 Å². The molecule has 4 nitrogen and oxygen atoms in total. The van der Waals surface area contributed by atoms with Crippen molar-refractivity contribution in [2.75, 3.05) is 5.75 Å². The molecule has 118 valence electrons. The number of rotatable bonds is 6. The van der Waals surface area contributed by atoms with Crippen LogP contribution in [-0.4, -0.2) is 27.7 Å². The average molecular weight is 335 g/mol. The molecule has 2 rings (SSSR count). The SMILES string of the molecule is Cc1cc(C)nc(SCC(=O)N[C@@H](C)Cc2ccc(C)s2)n1. The molecule has 0 fully saturated rings. The van der Waals surface area contributed by atoms with Gasteiger partial charge in [-0.1, -0.05) is 11.8 Å². The lowest BCUT2D eigenvalue weighted by Crippen LogP contribution is -2.35. The summed E-state index contributed by atoms with van der Waals surface area (Å²) in [7, 11) is 0. The molecule has 0 aliphatic carbocycles. The second kappa shape index (κ2) is 7.74. The second-order valence-electron chi connectivity index (χ2n) is 5.41. The molecule has 0 unspecified atom stereocenters. The van der Waals surface area contributed by atoms with Crippen LogP contribution in [0.1, 0.15) is 28.1 Å². The quantitative estimate of drug-likeness (QED) is 0.650. The molecular weight excluding hydrogens is 314 g/mol. The van der Waals surface area contributed by atoms with Crippen molar-refractivity contribution in [3.8, 4) is 0 Å². The van der Waals surface area contributed by atoms with Crippen LogP contribution in [0.4, 0.5) is 0 Å². The van der Waals surface area contributed by atoms with E-state index in [9.17, 15) is 4.79 Å². The van der Waals surface area contributed by atoms with E-state index in [-0.39, 0.29) is 11.9 Å². The highest BCUT2D eigenvalue weighted by atomic mass is 32.2. The summed E-state index contributed by atoms with van der Waals surface area (Å²) in [5.41, 5.74) is 1.86. The molecule has 0 bridgehead atoms. The number of hydrogen-bond acceptors (Lipinski definition) is 5. The summed E-state index contributed by atoms with van der Waals surface area (Å²) >= 11 is 3.16. The molecular formula is C16H21N3OS2. The zero-order chi connectivity index (χ0) is 16.1. The van der Waals surface area contributed by atoms with Gasteiger partial charge < -0.3 is 5.32 Å². The third-order valence-corrected chi connectivity index (χ3v) is 4.88. The van der Waals surface area contributed by atoms with Gasteiger partial charge in [0.15, 0.2) is 5.16 Å². The van der Waals surface area contributed by atoms with Gasteiger partial charge in [0.25, 0.3) is 0 Å². The Hall–Kier alpha value is -1.40. The molecule has 0 spiro atoms. The highest BCUT2D eigenvalue weighted by Gasteiger charge is 2.11. The maximum Gasteiger partial charge on any atom is 0.230 e. The van der Waals surface area contributed by atoms with Crippen LogP contribution < -0.4 is 5.32 Å². The second-order valence-corrected chi connectivity index (χ2v) is 7.72. The Morgan fingerprint density at radius 1 is 1.27 bits per heavy atom. The van der Waals surface area contributed by atoms with E-state index in [1.807, 2.05) is 26.8 Å². The van der Waals surface area contributed by atoms with Crippen LogP contribution in [0.5, 0.6) is 0 Å². The first-order valence-electron chi connectivity index (χ1n) is 7.22. The van der Waals surface area contributed by atoms with Crippen molar-refractivity contribution in [3.05, 3.63) is 39.3 Å². The Morgan fingerprint density at radius 3 is 2.55 bits per heavy atom. The number of carbonyl (C=O) groups excluding carboxylic acids is 1. The first kappa shape index (κ1) is 17.0. The van der Waals surface area contributed by atoms with Crippen molar-refractivity contribution in [2.45, 2.75) is 45.3 Å². The Labute approximate surface area is 139 Å². The standard InChI is InChI=1S/C16H21N3OS2/c1-10-7-11(2)19-16(18-10)21-9-15(20)17-12(3)8-14-6-5-13(4)22-14/h5-7,12H,8-9H2,1-4H3,(H,17,20)/t12-/m0/s1. The van der Waals surface area contributed by atoms with E-state index >= 15 is 0 Å². The molecule has 0 aliphatic rings. The van der Waals surface area contributed by atoms with Crippen molar-refractivity contribution in [1.82, 2.24) is 15.3 Å². The van der Waals surface area contributed by atoms with Crippen LogP contribution >= 0.6 is 23.1 Å². The Balaban J connectivity index is 1.79. The summed E-state index contributed by atoms with van der Waals surface area (Å²) in [6.07, 6.45) is 0.870. The monoisotopic (exact) mass is 335 g/mol. The van der Waals surface area contributed by atoms with E-state index in [0.29, 0.717) is 10.9 Å². The zero-order valence-corrected chi connectivity index (χ0v) is 15.0. The summed E-state index contributed by atoms with van der Waals surface area (Å²) in [4.78, 5) is 23.3. The average Bonchev–Trinajstić information content (AvgIpc) is 2.80. The summed E-state index contributed by atoms with van der Waals surface area (Å²) in [5.74, 6) is 0.366. The highest BCUT2D eigenvalue weighted by Crippen LogP contribution is 2.17. The zero-order valence-electron chi connectivity index (χ0n) is 13.3. The number of nitrogens with zero attached hydrogens (tertiary/aromatic N) is 2. The molecule has 0 saturated heterocycles. The minimum Gasteiger partial charge on any atom is -0.353 e. The normalized spacial score (nSPS) is 12.2. The third-order valence-electron chi connectivity index (χ3n) is 3.00. The predicted molar refractivity (Wildman–Crippen MR) is 92.6 cm³/mol. The molecule has 0 radical (unpaired) electrons. The fourth-order valence-electron chi connectivity index (χ4n) is 2.15. The fraction of sp³-hybridized carbons (Fsp3) is 0.438. The van der Waals surface area contributed by atoms with Gasteiger partial charge in [-0.05, 0) is 45.9 Å². The lowest BCUT2D eigenvalue weighted by atomic mass is 10.2. The topological polar surface area (TPSA) is 54.9 Å². The van der Waals surface area contributed by atoms with Gasteiger partial charge in [-0.25, -0.2) is 9.97 Å². The number of thiophene rings is 1. The Morgan fingerprint density at radius 2 is 1.95 bits per heavy atom. The van der Waals surface area contributed by atoms with Crippen LogP contribution in [0.3, 0.4) is 0 Å². The predicted octanol–water partition coefficient (Wildman–Crippen LogP) is 3.30. The largest absolute Gasteiger partial charge is 0.353 e. The van der Waals surface area contributed by atoms with Crippen LogP contribution in [-0.2, 0) is 11.2 Å². The Bertz CT molecular complexity index is 634. The summed E-state index contributed by atoms with van der Waals surface area (Å²) in [6.45, 7) is 8.00. The van der Waals surface area contributed by atoms with E-state index in [2.05, 4.69) is 34.3 Å². The number of hydrogen-bond donors (Lipinski definition) is 1. The molecule has 0 saturated carbocycles. The van der Waals surface area contributed by atoms with Gasteiger partial charge >= 0.3 is 0 Å².